The number of terminal acetylenes is 1. The van der Waals surface area contributed by atoms with Crippen molar-refractivity contribution >= 4 is 21.9 Å². The monoisotopic (exact) mass is 324 g/mol. The molecular weight excluding hydrogens is 308 g/mol. The minimum Gasteiger partial charge on any atom is -0.452 e. The van der Waals surface area contributed by atoms with Crippen molar-refractivity contribution in [2.45, 2.75) is 4.90 Å². The molecule has 0 heterocycles. The van der Waals surface area contributed by atoms with Gasteiger partial charge >= 0.3 is 5.97 Å². The van der Waals surface area contributed by atoms with Crippen LogP contribution in [0.15, 0.2) is 29.2 Å². The van der Waals surface area contributed by atoms with Crippen molar-refractivity contribution in [2.75, 3.05) is 27.2 Å². The Morgan fingerprint density at radius 1 is 1.36 bits per heavy atom. The van der Waals surface area contributed by atoms with Crippen molar-refractivity contribution in [1.82, 2.24) is 9.62 Å². The quantitative estimate of drug-likeness (QED) is 0.580. The van der Waals surface area contributed by atoms with Crippen LogP contribution in [0.3, 0.4) is 0 Å². The fourth-order valence-electron chi connectivity index (χ4n) is 1.41. The molecule has 118 valence electrons. The molecule has 1 amide bonds. The van der Waals surface area contributed by atoms with Crippen LogP contribution in [0, 0.1) is 12.3 Å². The maximum absolute atomic E-state index is 12.0. The lowest BCUT2D eigenvalue weighted by Gasteiger charge is -2.12. The van der Waals surface area contributed by atoms with E-state index in [9.17, 15) is 18.0 Å². The number of benzene rings is 1. The van der Waals surface area contributed by atoms with Gasteiger partial charge in [-0.2, -0.15) is 0 Å². The molecule has 0 aliphatic rings. The fraction of sp³-hybridized carbons (Fsp3) is 0.286. The number of sulfonamides is 1. The molecule has 0 radical (unpaired) electrons. The van der Waals surface area contributed by atoms with Gasteiger partial charge < -0.3 is 10.1 Å². The second kappa shape index (κ2) is 7.59. The van der Waals surface area contributed by atoms with Crippen LogP contribution in [-0.2, 0) is 19.6 Å². The van der Waals surface area contributed by atoms with Crippen LogP contribution in [0.2, 0.25) is 0 Å². The van der Waals surface area contributed by atoms with Gasteiger partial charge in [-0.3, -0.25) is 4.79 Å². The highest BCUT2D eigenvalue weighted by molar-refractivity contribution is 7.89. The normalized spacial score (nSPS) is 10.8. The second-order valence-corrected chi connectivity index (χ2v) is 6.52. The van der Waals surface area contributed by atoms with E-state index in [0.29, 0.717) is 0 Å². The maximum atomic E-state index is 12.0. The lowest BCUT2D eigenvalue weighted by Crippen LogP contribution is -2.29. The van der Waals surface area contributed by atoms with Gasteiger partial charge in [0.2, 0.25) is 10.0 Å². The van der Waals surface area contributed by atoms with Gasteiger partial charge in [-0.25, -0.2) is 17.5 Å². The summed E-state index contributed by atoms with van der Waals surface area (Å²) in [6.45, 7) is -0.460. The van der Waals surface area contributed by atoms with Crippen molar-refractivity contribution in [2.24, 2.45) is 0 Å². The van der Waals surface area contributed by atoms with Crippen molar-refractivity contribution < 1.29 is 22.7 Å². The molecule has 8 heteroatoms. The number of nitrogens with one attached hydrogen (secondary N) is 1. The molecule has 0 aliphatic carbocycles. The third kappa shape index (κ3) is 4.58. The lowest BCUT2D eigenvalue weighted by molar-refractivity contribution is -0.123. The Labute approximate surface area is 129 Å². The molecule has 22 heavy (non-hydrogen) atoms. The molecule has 0 saturated carbocycles. The lowest BCUT2D eigenvalue weighted by atomic mass is 10.2. The summed E-state index contributed by atoms with van der Waals surface area (Å²) in [5, 5.41) is 2.33. The molecule has 1 rings (SSSR count). The maximum Gasteiger partial charge on any atom is 0.338 e. The molecule has 7 nitrogen and oxygen atoms in total. The molecule has 0 aromatic heterocycles. The topological polar surface area (TPSA) is 92.8 Å². The number of esters is 1. The number of hydrogen-bond donors (Lipinski definition) is 1. The summed E-state index contributed by atoms with van der Waals surface area (Å²) in [4.78, 5) is 23.0. The Morgan fingerprint density at radius 2 is 2.05 bits per heavy atom. The van der Waals surface area contributed by atoms with E-state index in [0.717, 1.165) is 4.31 Å². The van der Waals surface area contributed by atoms with Crippen molar-refractivity contribution in [3.63, 3.8) is 0 Å². The molecule has 0 atom stereocenters. The van der Waals surface area contributed by atoms with Crippen LogP contribution < -0.4 is 5.32 Å². The largest absolute Gasteiger partial charge is 0.452 e. The summed E-state index contributed by atoms with van der Waals surface area (Å²) in [7, 11) is -0.882. The Kier molecular flexibility index (Phi) is 6.10. The van der Waals surface area contributed by atoms with Gasteiger partial charge in [0.05, 0.1) is 17.0 Å². The van der Waals surface area contributed by atoms with Gasteiger partial charge in [0, 0.05) is 14.1 Å². The summed E-state index contributed by atoms with van der Waals surface area (Å²) >= 11 is 0. The molecule has 0 unspecified atom stereocenters. The summed E-state index contributed by atoms with van der Waals surface area (Å²) < 4.78 is 29.8. The van der Waals surface area contributed by atoms with Crippen molar-refractivity contribution in [3.8, 4) is 12.3 Å². The van der Waals surface area contributed by atoms with Crippen LogP contribution in [0.5, 0.6) is 0 Å². The molecule has 0 spiro atoms. The smallest absolute Gasteiger partial charge is 0.338 e. The zero-order chi connectivity index (χ0) is 16.8. The Hall–Kier alpha value is -2.37. The first-order valence-corrected chi connectivity index (χ1v) is 7.63. The summed E-state index contributed by atoms with van der Waals surface area (Å²) in [5.41, 5.74) is 0.0349. The van der Waals surface area contributed by atoms with E-state index < -0.39 is 28.5 Å². The van der Waals surface area contributed by atoms with Crippen LogP contribution >= 0.6 is 0 Å². The number of carbonyl (C=O) groups excluding carboxylic acids is 2. The number of hydrogen-bond acceptors (Lipinski definition) is 5. The first kappa shape index (κ1) is 17.7. The van der Waals surface area contributed by atoms with Crippen molar-refractivity contribution in [3.05, 3.63) is 29.8 Å². The minimum absolute atomic E-state index is 0.0347. The van der Waals surface area contributed by atoms with Gasteiger partial charge in [-0.05, 0) is 18.2 Å². The van der Waals surface area contributed by atoms with Gasteiger partial charge in [-0.1, -0.05) is 12.0 Å². The average Bonchev–Trinajstić information content (AvgIpc) is 2.50. The van der Waals surface area contributed by atoms with E-state index in [1.807, 2.05) is 0 Å². The number of carbonyl (C=O) groups is 2. The SMILES string of the molecule is C#CCNC(=O)COC(=O)c1cccc(S(=O)(=O)N(C)C)c1. The first-order valence-electron chi connectivity index (χ1n) is 6.19. The zero-order valence-electron chi connectivity index (χ0n) is 12.2. The van der Waals surface area contributed by atoms with Crippen LogP contribution in [-0.4, -0.2) is 51.8 Å². The predicted octanol–water partition coefficient (Wildman–Crippen LogP) is -0.157. The predicted molar refractivity (Wildman–Crippen MR) is 79.4 cm³/mol. The van der Waals surface area contributed by atoms with E-state index in [-0.39, 0.29) is 17.0 Å². The van der Waals surface area contributed by atoms with E-state index in [4.69, 9.17) is 11.2 Å². The Morgan fingerprint density at radius 3 is 2.64 bits per heavy atom. The molecule has 0 bridgehead atoms. The molecule has 0 fully saturated rings. The second-order valence-electron chi connectivity index (χ2n) is 4.37. The molecule has 0 aliphatic heterocycles. The van der Waals surface area contributed by atoms with E-state index in [1.165, 1.54) is 38.4 Å². The Bertz CT molecular complexity index is 704. The van der Waals surface area contributed by atoms with E-state index in [2.05, 4.69) is 11.2 Å². The zero-order valence-corrected chi connectivity index (χ0v) is 13.0. The highest BCUT2D eigenvalue weighted by Gasteiger charge is 2.19. The average molecular weight is 324 g/mol. The fourth-order valence-corrected chi connectivity index (χ4v) is 2.36. The number of ether oxygens (including phenoxy) is 1. The number of nitrogens with zero attached hydrogens (tertiary/aromatic N) is 1. The van der Waals surface area contributed by atoms with E-state index in [1.54, 1.807) is 0 Å². The van der Waals surface area contributed by atoms with Gasteiger partial charge in [0.1, 0.15) is 0 Å². The number of amides is 1. The highest BCUT2D eigenvalue weighted by atomic mass is 32.2. The van der Waals surface area contributed by atoms with Crippen LogP contribution in [0.25, 0.3) is 0 Å². The molecule has 1 N–H and O–H groups in total. The van der Waals surface area contributed by atoms with Gasteiger partial charge in [0.25, 0.3) is 5.91 Å². The molecule has 1 aromatic rings. The van der Waals surface area contributed by atoms with E-state index >= 15 is 0 Å². The Balaban J connectivity index is 2.80. The van der Waals surface area contributed by atoms with Gasteiger partial charge in [0.15, 0.2) is 6.61 Å². The summed E-state index contributed by atoms with van der Waals surface area (Å²) in [6, 6.07) is 5.38. The molecular formula is C14H16N2O5S. The molecule has 1 aromatic carbocycles. The third-order valence-electron chi connectivity index (χ3n) is 2.57. The van der Waals surface area contributed by atoms with Crippen molar-refractivity contribution in [1.29, 1.82) is 0 Å². The van der Waals surface area contributed by atoms with Crippen LogP contribution in [0.1, 0.15) is 10.4 Å². The highest BCUT2D eigenvalue weighted by Crippen LogP contribution is 2.15. The molecule has 0 saturated heterocycles. The first-order chi connectivity index (χ1) is 10.3. The standard InChI is InChI=1S/C14H16N2O5S/c1-4-8-15-13(17)10-21-14(18)11-6-5-7-12(9-11)22(19,20)16(2)3/h1,5-7,9H,8,10H2,2-3H3,(H,15,17). The summed E-state index contributed by atoms with van der Waals surface area (Å²) in [6.07, 6.45) is 4.97. The number of rotatable bonds is 6. The summed E-state index contributed by atoms with van der Waals surface area (Å²) in [5.74, 6) is 0.871. The van der Waals surface area contributed by atoms with Crippen LogP contribution in [0.4, 0.5) is 0 Å². The third-order valence-corrected chi connectivity index (χ3v) is 4.38. The van der Waals surface area contributed by atoms with Gasteiger partial charge in [-0.15, -0.1) is 6.42 Å². The minimum atomic E-state index is -3.65.